The Balaban J connectivity index is 3.98. The molecule has 0 aliphatic heterocycles. The molecule has 0 radical (unpaired) electrons. The fraction of sp³-hybridized carbons (Fsp3) is 1.00. The standard InChI is InChI=1S/C14H32N2O/c1-5-7-10-16(13(3)6-2)11-8-9-14(4,15)12-17/h13,17H,5-12,15H2,1-4H3. The highest BCUT2D eigenvalue weighted by atomic mass is 16.3. The van der Waals surface area contributed by atoms with Gasteiger partial charge < -0.3 is 15.7 Å². The number of hydrogen-bond donors (Lipinski definition) is 2. The minimum Gasteiger partial charge on any atom is -0.394 e. The molecular weight excluding hydrogens is 212 g/mol. The quantitative estimate of drug-likeness (QED) is 0.620. The first-order valence-corrected chi connectivity index (χ1v) is 7.10. The van der Waals surface area contributed by atoms with E-state index in [0.717, 1.165) is 19.4 Å². The molecule has 0 saturated heterocycles. The third-order valence-corrected chi connectivity index (χ3v) is 3.57. The smallest absolute Gasteiger partial charge is 0.0608 e. The van der Waals surface area contributed by atoms with Crippen molar-refractivity contribution in [3.05, 3.63) is 0 Å². The maximum atomic E-state index is 9.12. The van der Waals surface area contributed by atoms with Crippen LogP contribution in [0.3, 0.4) is 0 Å². The molecule has 0 amide bonds. The Kier molecular flexibility index (Phi) is 8.83. The molecule has 17 heavy (non-hydrogen) atoms. The van der Waals surface area contributed by atoms with Gasteiger partial charge in [-0.25, -0.2) is 0 Å². The summed E-state index contributed by atoms with van der Waals surface area (Å²) in [5.41, 5.74) is 5.53. The van der Waals surface area contributed by atoms with Crippen molar-refractivity contribution >= 4 is 0 Å². The molecule has 3 N–H and O–H groups in total. The number of aliphatic hydroxyl groups excluding tert-OH is 1. The minimum absolute atomic E-state index is 0.0747. The molecule has 0 bridgehead atoms. The van der Waals surface area contributed by atoms with E-state index in [9.17, 15) is 0 Å². The zero-order valence-corrected chi connectivity index (χ0v) is 12.2. The maximum absolute atomic E-state index is 9.12. The molecule has 0 saturated carbocycles. The summed E-state index contributed by atoms with van der Waals surface area (Å²) in [7, 11) is 0. The van der Waals surface area contributed by atoms with Crippen molar-refractivity contribution in [1.29, 1.82) is 0 Å². The normalized spacial score (nSPS) is 17.1. The van der Waals surface area contributed by atoms with Gasteiger partial charge in [0.2, 0.25) is 0 Å². The number of hydrogen-bond acceptors (Lipinski definition) is 3. The monoisotopic (exact) mass is 244 g/mol. The molecule has 2 unspecified atom stereocenters. The molecule has 0 heterocycles. The number of rotatable bonds is 10. The molecule has 0 fully saturated rings. The molecule has 0 aromatic rings. The van der Waals surface area contributed by atoms with Crippen LogP contribution in [0.2, 0.25) is 0 Å². The Morgan fingerprint density at radius 1 is 1.24 bits per heavy atom. The lowest BCUT2D eigenvalue weighted by Gasteiger charge is -2.30. The summed E-state index contributed by atoms with van der Waals surface area (Å²) in [5, 5.41) is 9.12. The van der Waals surface area contributed by atoms with Crippen LogP contribution in [0.1, 0.15) is 59.8 Å². The second-order valence-corrected chi connectivity index (χ2v) is 5.56. The molecule has 0 aliphatic carbocycles. The molecule has 3 heteroatoms. The third-order valence-electron chi connectivity index (χ3n) is 3.57. The summed E-state index contributed by atoms with van der Waals surface area (Å²) < 4.78 is 0. The van der Waals surface area contributed by atoms with Crippen molar-refractivity contribution in [3.8, 4) is 0 Å². The lowest BCUT2D eigenvalue weighted by molar-refractivity contribution is 0.169. The van der Waals surface area contributed by atoms with Gasteiger partial charge in [-0.05, 0) is 52.6 Å². The van der Waals surface area contributed by atoms with Gasteiger partial charge in [-0.15, -0.1) is 0 Å². The highest BCUT2D eigenvalue weighted by molar-refractivity contribution is 4.78. The predicted molar refractivity (Wildman–Crippen MR) is 75.1 cm³/mol. The molecule has 3 nitrogen and oxygen atoms in total. The summed E-state index contributed by atoms with van der Waals surface area (Å²) >= 11 is 0. The maximum Gasteiger partial charge on any atom is 0.0608 e. The fourth-order valence-corrected chi connectivity index (χ4v) is 1.94. The van der Waals surface area contributed by atoms with Gasteiger partial charge in [-0.1, -0.05) is 20.3 Å². The van der Waals surface area contributed by atoms with E-state index in [0.29, 0.717) is 6.04 Å². The van der Waals surface area contributed by atoms with Gasteiger partial charge in [-0.3, -0.25) is 0 Å². The third kappa shape index (κ3) is 7.74. The second-order valence-electron chi connectivity index (χ2n) is 5.56. The van der Waals surface area contributed by atoms with E-state index in [4.69, 9.17) is 10.8 Å². The van der Waals surface area contributed by atoms with Crippen LogP contribution in [0.15, 0.2) is 0 Å². The topological polar surface area (TPSA) is 49.5 Å². The molecule has 104 valence electrons. The second kappa shape index (κ2) is 8.90. The van der Waals surface area contributed by atoms with Gasteiger partial charge >= 0.3 is 0 Å². The average molecular weight is 244 g/mol. The van der Waals surface area contributed by atoms with Crippen LogP contribution in [0.5, 0.6) is 0 Å². The zero-order valence-electron chi connectivity index (χ0n) is 12.2. The first-order chi connectivity index (χ1) is 7.96. The molecule has 0 aromatic heterocycles. The van der Waals surface area contributed by atoms with Crippen LogP contribution in [0.25, 0.3) is 0 Å². The number of aliphatic hydroxyl groups is 1. The lowest BCUT2D eigenvalue weighted by atomic mass is 9.98. The highest BCUT2D eigenvalue weighted by Crippen LogP contribution is 2.12. The summed E-state index contributed by atoms with van der Waals surface area (Å²) in [6.45, 7) is 11.1. The Bertz CT molecular complexity index is 183. The van der Waals surface area contributed by atoms with Crippen LogP contribution in [-0.4, -0.2) is 41.3 Å². The van der Waals surface area contributed by atoms with Crippen molar-refractivity contribution in [3.63, 3.8) is 0 Å². The van der Waals surface area contributed by atoms with E-state index in [1.807, 2.05) is 6.92 Å². The first-order valence-electron chi connectivity index (χ1n) is 7.10. The van der Waals surface area contributed by atoms with Crippen LogP contribution in [0, 0.1) is 0 Å². The van der Waals surface area contributed by atoms with Gasteiger partial charge in [0.15, 0.2) is 0 Å². The predicted octanol–water partition coefficient (Wildman–Crippen LogP) is 2.38. The Morgan fingerprint density at radius 2 is 1.82 bits per heavy atom. The van der Waals surface area contributed by atoms with E-state index < -0.39 is 5.54 Å². The van der Waals surface area contributed by atoms with Crippen LogP contribution >= 0.6 is 0 Å². The van der Waals surface area contributed by atoms with Crippen LogP contribution < -0.4 is 5.73 Å². The van der Waals surface area contributed by atoms with Gasteiger partial charge in [0.05, 0.1) is 6.61 Å². The largest absolute Gasteiger partial charge is 0.394 e. The minimum atomic E-state index is -0.411. The van der Waals surface area contributed by atoms with Crippen LogP contribution in [-0.2, 0) is 0 Å². The summed E-state index contributed by atoms with van der Waals surface area (Å²) in [4.78, 5) is 2.55. The molecule has 0 rings (SSSR count). The lowest BCUT2D eigenvalue weighted by Crippen LogP contribution is -2.41. The fourth-order valence-electron chi connectivity index (χ4n) is 1.94. The summed E-state index contributed by atoms with van der Waals surface area (Å²) in [6.07, 6.45) is 5.68. The van der Waals surface area contributed by atoms with Crippen molar-refractivity contribution in [2.45, 2.75) is 71.4 Å². The SMILES string of the molecule is CCCCN(CCCC(C)(N)CO)C(C)CC. The van der Waals surface area contributed by atoms with E-state index in [1.165, 1.54) is 25.8 Å². The Hall–Kier alpha value is -0.120. The average Bonchev–Trinajstić information content (AvgIpc) is 2.32. The Morgan fingerprint density at radius 3 is 2.29 bits per heavy atom. The molecule has 2 atom stereocenters. The van der Waals surface area contributed by atoms with Gasteiger partial charge in [0.1, 0.15) is 0 Å². The van der Waals surface area contributed by atoms with Gasteiger partial charge in [0.25, 0.3) is 0 Å². The molecular formula is C14H32N2O. The number of nitrogens with zero attached hydrogens (tertiary/aromatic N) is 1. The zero-order chi connectivity index (χ0) is 13.3. The molecule has 0 spiro atoms. The van der Waals surface area contributed by atoms with Crippen molar-refractivity contribution in [2.24, 2.45) is 5.73 Å². The van der Waals surface area contributed by atoms with E-state index in [2.05, 4.69) is 25.7 Å². The molecule has 0 aliphatic rings. The number of unbranched alkanes of at least 4 members (excludes halogenated alkanes) is 1. The van der Waals surface area contributed by atoms with Crippen LogP contribution in [0.4, 0.5) is 0 Å². The van der Waals surface area contributed by atoms with Gasteiger partial charge in [0, 0.05) is 11.6 Å². The highest BCUT2D eigenvalue weighted by Gasteiger charge is 2.18. The van der Waals surface area contributed by atoms with Gasteiger partial charge in [-0.2, -0.15) is 0 Å². The van der Waals surface area contributed by atoms with Crippen molar-refractivity contribution in [2.75, 3.05) is 19.7 Å². The summed E-state index contributed by atoms with van der Waals surface area (Å²) in [6, 6.07) is 0.653. The van der Waals surface area contributed by atoms with Crippen molar-refractivity contribution < 1.29 is 5.11 Å². The first kappa shape index (κ1) is 16.9. The van der Waals surface area contributed by atoms with Crippen molar-refractivity contribution in [1.82, 2.24) is 4.90 Å². The van der Waals surface area contributed by atoms with E-state index in [-0.39, 0.29) is 6.61 Å². The number of nitrogens with two attached hydrogens (primary N) is 1. The Labute approximate surface area is 107 Å². The summed E-state index contributed by atoms with van der Waals surface area (Å²) in [5.74, 6) is 0. The van der Waals surface area contributed by atoms with E-state index in [1.54, 1.807) is 0 Å². The van der Waals surface area contributed by atoms with E-state index >= 15 is 0 Å². The molecule has 0 aromatic carbocycles.